The maximum atomic E-state index is 14.4. The van der Waals surface area contributed by atoms with Crippen molar-refractivity contribution in [2.75, 3.05) is 15.7 Å². The molecule has 0 saturated heterocycles. The van der Waals surface area contributed by atoms with Crippen LogP contribution in [0.2, 0.25) is 0 Å². The average molecular weight is 759 g/mol. The molecular weight excluding hydrogens is 735 g/mol. The number of alkyl halides is 3. The third-order valence-corrected chi connectivity index (χ3v) is 11.5. The van der Waals surface area contributed by atoms with E-state index in [4.69, 9.17) is 0 Å². The summed E-state index contributed by atoms with van der Waals surface area (Å²) in [6.45, 7) is 2.24. The number of rotatable bonds is 8. The average Bonchev–Trinajstić information content (AvgIpc) is 2.99. The van der Waals surface area contributed by atoms with Crippen molar-refractivity contribution in [1.29, 1.82) is 0 Å². The Bertz CT molecular complexity index is 2260. The lowest BCUT2D eigenvalue weighted by Gasteiger charge is -2.15. The van der Waals surface area contributed by atoms with E-state index >= 15 is 0 Å². The van der Waals surface area contributed by atoms with Crippen molar-refractivity contribution in [2.24, 2.45) is 0 Å². The highest BCUT2D eigenvalue weighted by Crippen LogP contribution is 2.35. The van der Waals surface area contributed by atoms with Crippen LogP contribution >= 0.6 is 0 Å². The van der Waals surface area contributed by atoms with E-state index < -0.39 is 83.7 Å². The second-order valence-electron chi connectivity index (χ2n) is 9.81. The van der Waals surface area contributed by atoms with E-state index in [-0.39, 0.29) is 21.0 Å². The van der Waals surface area contributed by atoms with E-state index in [0.29, 0.717) is 6.26 Å². The zero-order valence-electron chi connectivity index (χ0n) is 24.7. The number of aryl methyl sites for hydroxylation is 1. The maximum absolute atomic E-state index is 14.4. The molecular formula is C28H24F6N2O8S4. The van der Waals surface area contributed by atoms with Crippen LogP contribution in [-0.2, 0) is 39.7 Å². The summed E-state index contributed by atoms with van der Waals surface area (Å²) in [5.74, 6) is -5.36. The van der Waals surface area contributed by atoms with Crippen LogP contribution < -0.4 is 9.44 Å². The lowest BCUT2D eigenvalue weighted by molar-refractivity contribution is -0.0429. The minimum atomic E-state index is -5.57. The van der Waals surface area contributed by atoms with E-state index in [1.165, 1.54) is 54.1 Å². The molecule has 0 atom stereocenters. The van der Waals surface area contributed by atoms with Crippen LogP contribution in [0.4, 0.5) is 37.7 Å². The Hall–Kier alpha value is -4.14. The first-order chi connectivity index (χ1) is 21.9. The van der Waals surface area contributed by atoms with E-state index in [1.807, 2.05) is 0 Å². The topological polar surface area (TPSA) is 161 Å². The number of hydrogen-bond donors (Lipinski definition) is 2. The van der Waals surface area contributed by atoms with Gasteiger partial charge in [0.2, 0.25) is 29.7 Å². The predicted octanol–water partition coefficient (Wildman–Crippen LogP) is 5.71. The Morgan fingerprint density at radius 3 is 1.50 bits per heavy atom. The molecule has 0 saturated carbocycles. The number of sulfonamides is 2. The van der Waals surface area contributed by atoms with Crippen molar-refractivity contribution in [3.05, 3.63) is 107 Å². The number of nitrogens with one attached hydrogen (secondary N) is 2. The summed E-state index contributed by atoms with van der Waals surface area (Å²) in [4.78, 5) is -2.03. The molecule has 10 nitrogen and oxygen atoms in total. The standard InChI is InChI=1S/2C14H12F3NO4S2/c1-8-10(15)14(24(21,22)9-6-4-3-5-7-9)12(17)11(16)13(8)18-23(2,19)20;1-10-9-12(23(19,20)11-5-3-2-4-6-11)7-8-13(10)18-24(21,22)14(15,16)17/h3-7,18H,1-2H3;2-9,18H,1H3. The molecule has 0 radical (unpaired) electrons. The lowest BCUT2D eigenvalue weighted by Crippen LogP contribution is -2.30. The minimum absolute atomic E-state index is 0.0213. The zero-order chi connectivity index (χ0) is 36.5. The van der Waals surface area contributed by atoms with Gasteiger partial charge in [-0.3, -0.25) is 9.44 Å². The number of benzene rings is 4. The van der Waals surface area contributed by atoms with E-state index in [0.717, 1.165) is 37.3 Å². The molecule has 2 N–H and O–H groups in total. The number of sulfone groups is 2. The van der Waals surface area contributed by atoms with Gasteiger partial charge in [0, 0.05) is 5.56 Å². The Balaban J connectivity index is 0.000000260. The quantitative estimate of drug-likeness (QED) is 0.171. The maximum Gasteiger partial charge on any atom is 0.516 e. The Morgan fingerprint density at radius 2 is 1.06 bits per heavy atom. The van der Waals surface area contributed by atoms with Crippen molar-refractivity contribution < 1.29 is 60.0 Å². The van der Waals surface area contributed by atoms with Crippen molar-refractivity contribution in [3.63, 3.8) is 0 Å². The third-order valence-electron chi connectivity index (χ3n) is 6.24. The SMILES string of the molecule is Cc1c(F)c(S(=O)(=O)c2ccccc2)c(F)c(F)c1NS(C)(=O)=O.Cc1cc(S(=O)(=O)c2ccccc2)ccc1NS(=O)(=O)C(F)(F)F. The van der Waals surface area contributed by atoms with Gasteiger partial charge in [-0.15, -0.1) is 0 Å². The van der Waals surface area contributed by atoms with Gasteiger partial charge < -0.3 is 0 Å². The first-order valence-electron chi connectivity index (χ1n) is 12.9. The molecule has 0 aromatic heterocycles. The monoisotopic (exact) mass is 758 g/mol. The summed E-state index contributed by atoms with van der Waals surface area (Å²) in [7, 11) is -18.1. The van der Waals surface area contributed by atoms with Gasteiger partial charge in [0.25, 0.3) is 0 Å². The van der Waals surface area contributed by atoms with Crippen molar-refractivity contribution in [1.82, 2.24) is 0 Å². The number of anilines is 2. The molecule has 4 aromatic rings. The highest BCUT2D eigenvalue weighted by molar-refractivity contribution is 7.93. The summed E-state index contributed by atoms with van der Waals surface area (Å²) < 4.78 is 177. The van der Waals surface area contributed by atoms with Gasteiger partial charge in [0.05, 0.1) is 32.3 Å². The third kappa shape index (κ3) is 8.28. The summed E-state index contributed by atoms with van der Waals surface area (Å²) in [5, 5.41) is 0. The first kappa shape index (κ1) is 38.3. The van der Waals surface area contributed by atoms with Crippen molar-refractivity contribution in [3.8, 4) is 0 Å². The fourth-order valence-electron chi connectivity index (χ4n) is 3.87. The molecule has 0 heterocycles. The van der Waals surface area contributed by atoms with Crippen LogP contribution in [0.5, 0.6) is 0 Å². The molecule has 0 amide bonds. The fourth-order valence-corrected chi connectivity index (χ4v) is 7.95. The van der Waals surface area contributed by atoms with Gasteiger partial charge in [-0.25, -0.2) is 38.4 Å². The second-order valence-corrected chi connectivity index (χ2v) is 17.1. The molecule has 0 fully saturated rings. The first-order valence-corrected chi connectivity index (χ1v) is 19.2. The molecule has 4 aromatic carbocycles. The highest BCUT2D eigenvalue weighted by Gasteiger charge is 2.46. The Labute approximate surface area is 272 Å². The predicted molar refractivity (Wildman–Crippen MR) is 163 cm³/mol. The normalized spacial score (nSPS) is 12.5. The van der Waals surface area contributed by atoms with Gasteiger partial charge in [-0.2, -0.15) is 21.6 Å². The molecule has 260 valence electrons. The lowest BCUT2D eigenvalue weighted by atomic mass is 10.2. The largest absolute Gasteiger partial charge is 0.516 e. The Morgan fingerprint density at radius 1 is 0.583 bits per heavy atom. The van der Waals surface area contributed by atoms with Crippen LogP contribution in [0.3, 0.4) is 0 Å². The number of hydrogen-bond acceptors (Lipinski definition) is 8. The smallest absolute Gasteiger partial charge is 0.280 e. The molecule has 4 rings (SSSR count). The molecule has 0 aliphatic rings. The van der Waals surface area contributed by atoms with Crippen LogP contribution in [0.1, 0.15) is 11.1 Å². The Kier molecular flexibility index (Phi) is 11.0. The van der Waals surface area contributed by atoms with E-state index in [2.05, 4.69) is 0 Å². The van der Waals surface area contributed by atoms with Crippen molar-refractivity contribution >= 4 is 51.1 Å². The van der Waals surface area contributed by atoms with Crippen LogP contribution in [0, 0.1) is 31.3 Å². The number of halogens is 6. The molecule has 0 spiro atoms. The molecule has 20 heteroatoms. The minimum Gasteiger partial charge on any atom is -0.280 e. The fraction of sp³-hybridized carbons (Fsp3) is 0.143. The second kappa shape index (κ2) is 13.8. The molecule has 0 aliphatic heterocycles. The van der Waals surface area contributed by atoms with Gasteiger partial charge in [0.1, 0.15) is 10.7 Å². The van der Waals surface area contributed by atoms with Crippen LogP contribution in [-0.4, -0.2) is 45.4 Å². The van der Waals surface area contributed by atoms with Crippen LogP contribution in [0.15, 0.2) is 98.4 Å². The molecule has 0 unspecified atom stereocenters. The van der Waals surface area contributed by atoms with Gasteiger partial charge in [-0.1, -0.05) is 36.4 Å². The van der Waals surface area contributed by atoms with Gasteiger partial charge in [-0.05, 0) is 61.9 Å². The summed E-state index contributed by atoms with van der Waals surface area (Å²) in [6, 6.07) is 17.0. The van der Waals surface area contributed by atoms with Gasteiger partial charge >= 0.3 is 15.5 Å². The van der Waals surface area contributed by atoms with Gasteiger partial charge in [0.15, 0.2) is 11.6 Å². The molecule has 48 heavy (non-hydrogen) atoms. The zero-order valence-corrected chi connectivity index (χ0v) is 27.9. The summed E-state index contributed by atoms with van der Waals surface area (Å²) in [6.07, 6.45) is 0.663. The van der Waals surface area contributed by atoms with E-state index in [1.54, 1.807) is 10.8 Å². The molecule has 0 aliphatic carbocycles. The highest BCUT2D eigenvalue weighted by atomic mass is 32.2. The molecule has 0 bridgehead atoms. The van der Waals surface area contributed by atoms with Crippen molar-refractivity contribution in [2.45, 2.75) is 38.9 Å². The van der Waals surface area contributed by atoms with E-state index in [9.17, 15) is 60.0 Å². The van der Waals surface area contributed by atoms with Crippen LogP contribution in [0.25, 0.3) is 0 Å². The summed E-state index contributed by atoms with van der Waals surface area (Å²) >= 11 is 0. The summed E-state index contributed by atoms with van der Waals surface area (Å²) in [5.41, 5.74) is -7.42.